The van der Waals surface area contributed by atoms with E-state index < -0.39 is 0 Å². The zero-order chi connectivity index (χ0) is 22.6. The summed E-state index contributed by atoms with van der Waals surface area (Å²) in [6, 6.07) is 13.0. The molecular formula is C25H40IN5O2. The van der Waals surface area contributed by atoms with Crippen LogP contribution in [-0.2, 0) is 24.4 Å². The zero-order valence-electron chi connectivity index (χ0n) is 20.3. The molecule has 1 aromatic heterocycles. The number of ether oxygens (including phenoxy) is 1. The van der Waals surface area contributed by atoms with Crippen molar-refractivity contribution in [1.82, 2.24) is 20.4 Å². The summed E-state index contributed by atoms with van der Waals surface area (Å²) in [6.07, 6.45) is 5.11. The largest absolute Gasteiger partial charge is 0.468 e. The maximum absolute atomic E-state index is 5.48. The molecular weight excluding hydrogens is 529 g/mol. The van der Waals surface area contributed by atoms with E-state index in [-0.39, 0.29) is 24.0 Å². The van der Waals surface area contributed by atoms with Crippen molar-refractivity contribution < 1.29 is 9.15 Å². The summed E-state index contributed by atoms with van der Waals surface area (Å²) in [6.45, 7) is 6.63. The molecule has 0 atom stereocenters. The monoisotopic (exact) mass is 569 g/mol. The van der Waals surface area contributed by atoms with E-state index in [0.717, 1.165) is 76.9 Å². The summed E-state index contributed by atoms with van der Waals surface area (Å²) in [4.78, 5) is 9.26. The van der Waals surface area contributed by atoms with Crippen LogP contribution in [0.4, 0.5) is 0 Å². The molecule has 33 heavy (non-hydrogen) atoms. The van der Waals surface area contributed by atoms with Crippen LogP contribution in [0.1, 0.15) is 36.1 Å². The molecule has 0 saturated carbocycles. The summed E-state index contributed by atoms with van der Waals surface area (Å²) < 4.78 is 10.6. The normalized spacial score (nSPS) is 15.5. The highest BCUT2D eigenvalue weighted by Gasteiger charge is 2.19. The molecule has 2 heterocycles. The third-order valence-electron chi connectivity index (χ3n) is 5.99. The number of piperidine rings is 1. The Morgan fingerprint density at radius 1 is 1.15 bits per heavy atom. The van der Waals surface area contributed by atoms with Gasteiger partial charge in [0.05, 0.1) is 12.8 Å². The van der Waals surface area contributed by atoms with E-state index in [4.69, 9.17) is 9.15 Å². The fourth-order valence-electron chi connectivity index (χ4n) is 4.20. The number of halogens is 1. The van der Waals surface area contributed by atoms with E-state index >= 15 is 0 Å². The highest BCUT2D eigenvalue weighted by molar-refractivity contribution is 14.0. The smallest absolute Gasteiger partial charge is 0.191 e. The second-order valence-corrected chi connectivity index (χ2v) is 8.55. The quantitative estimate of drug-likeness (QED) is 0.186. The van der Waals surface area contributed by atoms with Gasteiger partial charge in [-0.05, 0) is 49.6 Å². The number of guanidine groups is 1. The second-order valence-electron chi connectivity index (χ2n) is 8.55. The molecule has 3 rings (SSSR count). The lowest BCUT2D eigenvalue weighted by Gasteiger charge is -2.33. The number of nitrogens with one attached hydrogen (secondary N) is 2. The summed E-state index contributed by atoms with van der Waals surface area (Å²) >= 11 is 0. The fraction of sp³-hybridized carbons (Fsp3) is 0.560. The molecule has 8 heteroatoms. The van der Waals surface area contributed by atoms with Gasteiger partial charge in [-0.15, -0.1) is 24.0 Å². The first kappa shape index (κ1) is 27.6. The van der Waals surface area contributed by atoms with Gasteiger partial charge in [-0.2, -0.15) is 0 Å². The zero-order valence-corrected chi connectivity index (χ0v) is 22.6. The Balaban J connectivity index is 0.00000385. The Morgan fingerprint density at radius 3 is 2.58 bits per heavy atom. The van der Waals surface area contributed by atoms with Crippen molar-refractivity contribution in [2.45, 2.75) is 44.9 Å². The Morgan fingerprint density at radius 2 is 1.91 bits per heavy atom. The van der Waals surface area contributed by atoms with Crippen molar-refractivity contribution in [2.75, 3.05) is 47.4 Å². The number of hydrogen-bond donors (Lipinski definition) is 2. The summed E-state index contributed by atoms with van der Waals surface area (Å²) in [5.74, 6) is 1.86. The molecule has 2 aromatic rings. The minimum absolute atomic E-state index is 0. The van der Waals surface area contributed by atoms with E-state index in [9.17, 15) is 0 Å². The molecule has 1 saturated heterocycles. The molecule has 1 aliphatic rings. The van der Waals surface area contributed by atoms with E-state index in [1.165, 1.54) is 11.1 Å². The molecule has 1 aromatic carbocycles. The van der Waals surface area contributed by atoms with E-state index in [1.807, 2.05) is 19.2 Å². The van der Waals surface area contributed by atoms with E-state index in [1.54, 1.807) is 13.4 Å². The fourth-order valence-corrected chi connectivity index (χ4v) is 4.20. The van der Waals surface area contributed by atoms with Gasteiger partial charge in [-0.1, -0.05) is 24.3 Å². The van der Waals surface area contributed by atoms with Crippen molar-refractivity contribution in [3.63, 3.8) is 0 Å². The van der Waals surface area contributed by atoms with Gasteiger partial charge < -0.3 is 24.7 Å². The van der Waals surface area contributed by atoms with Crippen LogP contribution < -0.4 is 10.6 Å². The van der Waals surface area contributed by atoms with Crippen LogP contribution >= 0.6 is 24.0 Å². The Labute approximate surface area is 216 Å². The lowest BCUT2D eigenvalue weighted by molar-refractivity contribution is 0.155. The van der Waals surface area contributed by atoms with E-state index in [0.29, 0.717) is 6.04 Å². The van der Waals surface area contributed by atoms with Gasteiger partial charge >= 0.3 is 0 Å². The predicted octanol–water partition coefficient (Wildman–Crippen LogP) is 3.70. The SMILES string of the molecule is CN=C(NCc1ccccc1CN(C)Cc1ccco1)NC1CCN(CCCOC)CC1.I. The highest BCUT2D eigenvalue weighted by atomic mass is 127. The molecule has 0 aliphatic carbocycles. The molecule has 2 N–H and O–H groups in total. The standard InChI is InChI=1S/C25H39N5O2.HI/c1-26-25(28-23-11-14-30(15-12-23)13-7-16-31-3)27-18-21-8-4-5-9-22(21)19-29(2)20-24-10-6-17-32-24;/h4-6,8-10,17,23H,7,11-16,18-20H2,1-3H3,(H2,26,27,28);1H. The van der Waals surface area contributed by atoms with Gasteiger partial charge in [0.15, 0.2) is 5.96 Å². The summed E-state index contributed by atoms with van der Waals surface area (Å²) in [7, 11) is 5.74. The Hall–Kier alpha value is -1.62. The lowest BCUT2D eigenvalue weighted by Crippen LogP contribution is -2.48. The van der Waals surface area contributed by atoms with Crippen molar-refractivity contribution in [2.24, 2.45) is 4.99 Å². The summed E-state index contributed by atoms with van der Waals surface area (Å²) in [5.41, 5.74) is 2.60. The van der Waals surface area contributed by atoms with E-state index in [2.05, 4.69) is 56.7 Å². The van der Waals surface area contributed by atoms with Crippen LogP contribution in [-0.4, -0.2) is 69.2 Å². The molecule has 0 spiro atoms. The third kappa shape index (κ3) is 9.64. The van der Waals surface area contributed by atoms with Gasteiger partial charge in [0, 0.05) is 59.5 Å². The Bertz CT molecular complexity index is 807. The first-order valence-corrected chi connectivity index (χ1v) is 11.6. The number of rotatable bonds is 11. The molecule has 184 valence electrons. The number of methoxy groups -OCH3 is 1. The first-order chi connectivity index (χ1) is 15.7. The average Bonchev–Trinajstić information content (AvgIpc) is 3.31. The van der Waals surface area contributed by atoms with Crippen LogP contribution in [0, 0.1) is 0 Å². The number of nitrogens with zero attached hydrogens (tertiary/aromatic N) is 3. The van der Waals surface area contributed by atoms with Crippen molar-refractivity contribution in [1.29, 1.82) is 0 Å². The number of likely N-dealkylation sites (tertiary alicyclic amines) is 1. The van der Waals surface area contributed by atoms with Gasteiger partial charge in [-0.3, -0.25) is 9.89 Å². The number of benzene rings is 1. The molecule has 7 nitrogen and oxygen atoms in total. The van der Waals surface area contributed by atoms with Crippen LogP contribution in [0.2, 0.25) is 0 Å². The molecule has 1 aliphatic heterocycles. The van der Waals surface area contributed by atoms with Crippen LogP contribution in [0.15, 0.2) is 52.1 Å². The van der Waals surface area contributed by atoms with Gasteiger partial charge in [0.25, 0.3) is 0 Å². The van der Waals surface area contributed by atoms with Crippen molar-refractivity contribution in [3.8, 4) is 0 Å². The summed E-state index contributed by atoms with van der Waals surface area (Å²) in [5, 5.41) is 7.14. The number of aliphatic imine (C=N–C) groups is 1. The maximum Gasteiger partial charge on any atom is 0.191 e. The minimum Gasteiger partial charge on any atom is -0.468 e. The van der Waals surface area contributed by atoms with Gasteiger partial charge in [0.1, 0.15) is 5.76 Å². The molecule has 0 amide bonds. The highest BCUT2D eigenvalue weighted by Crippen LogP contribution is 2.14. The first-order valence-electron chi connectivity index (χ1n) is 11.6. The van der Waals surface area contributed by atoms with Crippen LogP contribution in [0.3, 0.4) is 0 Å². The van der Waals surface area contributed by atoms with Gasteiger partial charge in [0.2, 0.25) is 0 Å². The minimum atomic E-state index is 0. The number of hydrogen-bond acceptors (Lipinski definition) is 5. The van der Waals surface area contributed by atoms with Crippen molar-refractivity contribution >= 4 is 29.9 Å². The molecule has 0 unspecified atom stereocenters. The third-order valence-corrected chi connectivity index (χ3v) is 5.99. The Kier molecular flexibility index (Phi) is 12.8. The van der Waals surface area contributed by atoms with Crippen LogP contribution in [0.5, 0.6) is 0 Å². The molecule has 1 fully saturated rings. The second kappa shape index (κ2) is 15.3. The van der Waals surface area contributed by atoms with Crippen LogP contribution in [0.25, 0.3) is 0 Å². The molecule has 0 radical (unpaired) electrons. The van der Waals surface area contributed by atoms with Crippen molar-refractivity contribution in [3.05, 3.63) is 59.5 Å². The maximum atomic E-state index is 5.48. The lowest BCUT2D eigenvalue weighted by atomic mass is 10.0. The average molecular weight is 570 g/mol. The topological polar surface area (TPSA) is 65.3 Å². The molecule has 0 bridgehead atoms. The number of furan rings is 1. The predicted molar refractivity (Wildman–Crippen MR) is 145 cm³/mol. The van der Waals surface area contributed by atoms with Gasteiger partial charge in [-0.25, -0.2) is 0 Å².